The summed E-state index contributed by atoms with van der Waals surface area (Å²) in [5.41, 5.74) is -2.91. The molecule has 1 aromatic carbocycles. The van der Waals surface area contributed by atoms with E-state index in [1.807, 2.05) is 0 Å². The van der Waals surface area contributed by atoms with Crippen molar-refractivity contribution in [2.75, 3.05) is 5.32 Å². The third-order valence-electron chi connectivity index (χ3n) is 2.57. The number of benzene rings is 1. The molecular weight excluding hydrogens is 312 g/mol. The van der Waals surface area contributed by atoms with Gasteiger partial charge >= 0.3 is 5.69 Å². The summed E-state index contributed by atoms with van der Waals surface area (Å²) < 4.78 is 53.8. The lowest BCUT2D eigenvalue weighted by atomic mass is 10.2. The minimum Gasteiger partial charge on any atom is -0.315 e. The maximum absolute atomic E-state index is 13.4. The number of nitro groups is 1. The van der Waals surface area contributed by atoms with E-state index < -0.39 is 51.2 Å². The van der Waals surface area contributed by atoms with Crippen LogP contribution in [0.15, 0.2) is 12.3 Å². The number of nitrogens with zero attached hydrogens (tertiary/aromatic N) is 3. The van der Waals surface area contributed by atoms with Gasteiger partial charge in [0.25, 0.3) is 5.91 Å². The van der Waals surface area contributed by atoms with E-state index in [-0.39, 0.29) is 6.07 Å². The first-order valence-corrected chi connectivity index (χ1v) is 5.54. The van der Waals surface area contributed by atoms with Gasteiger partial charge in [-0.15, -0.1) is 0 Å². The molecule has 0 radical (unpaired) electrons. The van der Waals surface area contributed by atoms with Gasteiger partial charge < -0.3 is 5.32 Å². The van der Waals surface area contributed by atoms with E-state index >= 15 is 0 Å². The predicted octanol–water partition coefficient (Wildman–Crippen LogP) is 2.14. The smallest absolute Gasteiger partial charge is 0.315 e. The quantitative estimate of drug-likeness (QED) is 0.406. The normalized spacial score (nSPS) is 10.6. The predicted molar refractivity (Wildman–Crippen MR) is 64.1 cm³/mol. The van der Waals surface area contributed by atoms with E-state index in [4.69, 9.17) is 0 Å². The second-order valence-electron chi connectivity index (χ2n) is 4.09. The van der Waals surface area contributed by atoms with Crippen molar-refractivity contribution < 1.29 is 27.3 Å². The van der Waals surface area contributed by atoms with Crippen LogP contribution >= 0.6 is 0 Å². The van der Waals surface area contributed by atoms with Crippen molar-refractivity contribution in [1.29, 1.82) is 0 Å². The van der Waals surface area contributed by atoms with Crippen LogP contribution in [-0.4, -0.2) is 20.6 Å². The number of aryl methyl sites for hydroxylation is 1. The molecule has 11 heteroatoms. The molecule has 0 bridgehead atoms. The lowest BCUT2D eigenvalue weighted by molar-refractivity contribution is -0.385. The van der Waals surface area contributed by atoms with Crippen molar-refractivity contribution in [3.8, 4) is 0 Å². The second-order valence-corrected chi connectivity index (χ2v) is 4.09. The Hall–Kier alpha value is -2.98. The van der Waals surface area contributed by atoms with Gasteiger partial charge in [0.15, 0.2) is 23.3 Å². The second kappa shape index (κ2) is 5.42. The highest BCUT2D eigenvalue weighted by Crippen LogP contribution is 2.25. The van der Waals surface area contributed by atoms with Gasteiger partial charge in [0, 0.05) is 13.1 Å². The van der Waals surface area contributed by atoms with Crippen LogP contribution < -0.4 is 5.32 Å². The van der Waals surface area contributed by atoms with E-state index in [1.165, 1.54) is 12.4 Å². The SMILES string of the molecule is Cn1cc([N+](=O)[O-])c(C(=O)Nc2c(F)c(F)cc(F)c2F)n1. The molecule has 1 N–H and O–H groups in total. The molecule has 0 aliphatic rings. The van der Waals surface area contributed by atoms with Crippen LogP contribution in [0.2, 0.25) is 0 Å². The number of rotatable bonds is 3. The summed E-state index contributed by atoms with van der Waals surface area (Å²) in [7, 11) is 1.27. The van der Waals surface area contributed by atoms with Crippen LogP contribution in [0.1, 0.15) is 10.5 Å². The monoisotopic (exact) mass is 318 g/mol. The maximum atomic E-state index is 13.4. The zero-order valence-electron chi connectivity index (χ0n) is 10.7. The summed E-state index contributed by atoms with van der Waals surface area (Å²) in [4.78, 5) is 21.6. The van der Waals surface area contributed by atoms with Gasteiger partial charge in [-0.25, -0.2) is 17.6 Å². The van der Waals surface area contributed by atoms with Crippen LogP contribution in [0.4, 0.5) is 28.9 Å². The number of carbonyl (C=O) groups excluding carboxylic acids is 1. The van der Waals surface area contributed by atoms with Crippen molar-refractivity contribution in [3.63, 3.8) is 0 Å². The van der Waals surface area contributed by atoms with E-state index in [9.17, 15) is 32.5 Å². The Morgan fingerprint density at radius 3 is 2.32 bits per heavy atom. The van der Waals surface area contributed by atoms with Crippen LogP contribution in [0.25, 0.3) is 0 Å². The summed E-state index contributed by atoms with van der Waals surface area (Å²) in [5, 5.41) is 15.7. The summed E-state index contributed by atoms with van der Waals surface area (Å²) in [5.74, 6) is -8.54. The lowest BCUT2D eigenvalue weighted by Crippen LogP contribution is -2.17. The fourth-order valence-corrected chi connectivity index (χ4v) is 1.63. The van der Waals surface area contributed by atoms with Gasteiger partial charge in [-0.1, -0.05) is 0 Å². The van der Waals surface area contributed by atoms with Crippen molar-refractivity contribution in [2.45, 2.75) is 0 Å². The highest BCUT2D eigenvalue weighted by Gasteiger charge is 2.28. The molecule has 0 atom stereocenters. The first kappa shape index (κ1) is 15.4. The Morgan fingerprint density at radius 1 is 1.27 bits per heavy atom. The van der Waals surface area contributed by atoms with Crippen LogP contribution in [-0.2, 0) is 7.05 Å². The Labute approximate surface area is 119 Å². The third kappa shape index (κ3) is 2.60. The molecule has 0 aliphatic carbocycles. The zero-order chi connectivity index (χ0) is 16.6. The Kier molecular flexibility index (Phi) is 3.80. The minimum absolute atomic E-state index is 0.0382. The molecular formula is C11H6F4N4O3. The number of hydrogen-bond acceptors (Lipinski definition) is 4. The Balaban J connectivity index is 2.45. The highest BCUT2D eigenvalue weighted by atomic mass is 19.2. The molecule has 0 unspecified atom stereocenters. The average molecular weight is 318 g/mol. The lowest BCUT2D eigenvalue weighted by Gasteiger charge is -2.07. The van der Waals surface area contributed by atoms with Crippen LogP contribution in [0, 0.1) is 33.4 Å². The number of aromatic nitrogens is 2. The summed E-state index contributed by atoms with van der Waals surface area (Å²) in [6.07, 6.45) is 0.883. The standard InChI is InChI=1S/C11H6F4N4O3/c1-18-3-6(19(21)22)9(17-18)11(20)16-10-7(14)4(12)2-5(13)8(10)15/h2-3H,1H3,(H,16,20). The molecule has 7 nitrogen and oxygen atoms in total. The Morgan fingerprint density at radius 2 is 1.82 bits per heavy atom. The molecule has 0 aliphatic heterocycles. The van der Waals surface area contributed by atoms with Crippen molar-refractivity contribution in [3.05, 3.63) is 51.3 Å². The minimum atomic E-state index is -1.84. The van der Waals surface area contributed by atoms with Gasteiger partial charge in [0.05, 0.1) is 4.92 Å². The fourth-order valence-electron chi connectivity index (χ4n) is 1.63. The Bertz CT molecular complexity index is 764. The summed E-state index contributed by atoms with van der Waals surface area (Å²) in [6, 6.07) is -0.0382. The fraction of sp³-hybridized carbons (Fsp3) is 0.0909. The number of amides is 1. The molecule has 116 valence electrons. The van der Waals surface area contributed by atoms with E-state index in [0.717, 1.165) is 10.9 Å². The first-order valence-electron chi connectivity index (χ1n) is 5.54. The highest BCUT2D eigenvalue weighted by molar-refractivity contribution is 6.05. The van der Waals surface area contributed by atoms with Crippen molar-refractivity contribution in [1.82, 2.24) is 9.78 Å². The number of anilines is 1. The molecule has 1 heterocycles. The van der Waals surface area contributed by atoms with Gasteiger partial charge in [-0.2, -0.15) is 5.10 Å². The summed E-state index contributed by atoms with van der Waals surface area (Å²) >= 11 is 0. The number of carbonyl (C=O) groups is 1. The molecule has 1 amide bonds. The number of nitrogens with one attached hydrogen (secondary N) is 1. The van der Waals surface area contributed by atoms with E-state index in [0.29, 0.717) is 0 Å². The molecule has 2 aromatic rings. The van der Waals surface area contributed by atoms with Gasteiger partial charge in [-0.05, 0) is 0 Å². The molecule has 0 fully saturated rings. The van der Waals surface area contributed by atoms with E-state index in [1.54, 1.807) is 0 Å². The number of hydrogen-bond donors (Lipinski definition) is 1. The van der Waals surface area contributed by atoms with Crippen LogP contribution in [0.3, 0.4) is 0 Å². The number of halogens is 4. The van der Waals surface area contributed by atoms with Gasteiger partial charge in [-0.3, -0.25) is 19.6 Å². The molecule has 1 aromatic heterocycles. The largest absolute Gasteiger partial charge is 0.320 e. The van der Waals surface area contributed by atoms with E-state index in [2.05, 4.69) is 5.10 Å². The molecule has 0 saturated carbocycles. The first-order chi connectivity index (χ1) is 10.2. The van der Waals surface area contributed by atoms with Gasteiger partial charge in [0.1, 0.15) is 11.9 Å². The summed E-state index contributed by atoms with van der Waals surface area (Å²) in [6.45, 7) is 0. The topological polar surface area (TPSA) is 90.1 Å². The maximum Gasteiger partial charge on any atom is 0.320 e. The molecule has 0 saturated heterocycles. The zero-order valence-corrected chi connectivity index (χ0v) is 10.7. The third-order valence-corrected chi connectivity index (χ3v) is 2.57. The van der Waals surface area contributed by atoms with Crippen molar-refractivity contribution in [2.24, 2.45) is 7.05 Å². The molecule has 22 heavy (non-hydrogen) atoms. The van der Waals surface area contributed by atoms with Crippen molar-refractivity contribution >= 4 is 17.3 Å². The van der Waals surface area contributed by atoms with Crippen LogP contribution in [0.5, 0.6) is 0 Å². The molecule has 2 rings (SSSR count). The molecule has 0 spiro atoms. The average Bonchev–Trinajstić information content (AvgIpc) is 2.83. The van der Waals surface area contributed by atoms with Gasteiger partial charge in [0.2, 0.25) is 5.69 Å².